The first-order chi connectivity index (χ1) is 20.1. The van der Waals surface area contributed by atoms with Crippen molar-refractivity contribution in [3.05, 3.63) is 81.5 Å². The molecule has 1 aliphatic rings. The van der Waals surface area contributed by atoms with E-state index in [-0.39, 0.29) is 38.3 Å². The van der Waals surface area contributed by atoms with Gasteiger partial charge in [-0.15, -0.1) is 11.3 Å². The van der Waals surface area contributed by atoms with E-state index >= 15 is 0 Å². The van der Waals surface area contributed by atoms with Gasteiger partial charge in [0.15, 0.2) is 0 Å². The van der Waals surface area contributed by atoms with Crippen LogP contribution in [0.3, 0.4) is 0 Å². The fraction of sp³-hybridized carbons (Fsp3) is 0.323. The molecule has 0 unspecified atom stereocenters. The number of aromatic nitrogens is 1. The number of hydrogen-bond acceptors (Lipinski definition) is 6. The molecule has 4 aromatic rings. The minimum atomic E-state index is -1.14. The second-order valence-corrected chi connectivity index (χ2v) is 12.0. The van der Waals surface area contributed by atoms with Gasteiger partial charge in [-0.2, -0.15) is 0 Å². The Balaban J connectivity index is 1.56. The number of aromatic carboxylic acids is 1. The van der Waals surface area contributed by atoms with E-state index < -0.39 is 23.5 Å². The third kappa shape index (κ3) is 5.84. The van der Waals surface area contributed by atoms with Crippen LogP contribution in [0.4, 0.5) is 8.78 Å². The Hall–Kier alpha value is -3.60. The fourth-order valence-electron chi connectivity index (χ4n) is 5.61. The average Bonchev–Trinajstić information content (AvgIpc) is 3.35. The number of pyridine rings is 1. The molecule has 2 aromatic heterocycles. The van der Waals surface area contributed by atoms with Gasteiger partial charge in [0.05, 0.1) is 22.2 Å². The van der Waals surface area contributed by atoms with Crippen molar-refractivity contribution in [3.8, 4) is 16.9 Å². The highest BCUT2D eigenvalue weighted by molar-refractivity contribution is 7.21. The Labute approximate surface area is 251 Å². The van der Waals surface area contributed by atoms with Gasteiger partial charge in [0.1, 0.15) is 28.0 Å². The molecule has 0 spiro atoms. The second-order valence-electron chi connectivity index (χ2n) is 10.6. The van der Waals surface area contributed by atoms with Gasteiger partial charge >= 0.3 is 5.97 Å². The fourth-order valence-corrected chi connectivity index (χ4v) is 7.12. The minimum absolute atomic E-state index is 0.00566. The molecule has 0 saturated heterocycles. The Kier molecular flexibility index (Phi) is 8.77. The van der Waals surface area contributed by atoms with Gasteiger partial charge in [0, 0.05) is 30.4 Å². The van der Waals surface area contributed by atoms with Crippen LogP contribution in [0.2, 0.25) is 5.02 Å². The van der Waals surface area contributed by atoms with E-state index in [2.05, 4.69) is 9.88 Å². The highest BCUT2D eigenvalue weighted by atomic mass is 35.5. The zero-order chi connectivity index (χ0) is 30.1. The molecule has 1 N–H and O–H groups in total. The smallest absolute Gasteiger partial charge is 0.354 e. The van der Waals surface area contributed by atoms with Crippen molar-refractivity contribution in [2.24, 2.45) is 0 Å². The SMILES string of the molecule is COc1ccc(-c2ccnc(C(=O)O)c2)cc1CN(C(=O)c1sc2c(F)ccc(F)c2c1Cl)C1CCC(N(C)C)CC1. The summed E-state index contributed by atoms with van der Waals surface area (Å²) in [6.07, 6.45) is 4.69. The molecule has 42 heavy (non-hydrogen) atoms. The molecule has 2 heterocycles. The highest BCUT2D eigenvalue weighted by Crippen LogP contribution is 2.41. The summed E-state index contributed by atoms with van der Waals surface area (Å²) in [6.45, 7) is 0.152. The van der Waals surface area contributed by atoms with Crippen LogP contribution >= 0.6 is 22.9 Å². The van der Waals surface area contributed by atoms with Crippen molar-refractivity contribution in [1.29, 1.82) is 0 Å². The lowest BCUT2D eigenvalue weighted by molar-refractivity contribution is 0.0572. The summed E-state index contributed by atoms with van der Waals surface area (Å²) in [5.41, 5.74) is 1.98. The molecule has 1 saturated carbocycles. The number of rotatable bonds is 8. The van der Waals surface area contributed by atoms with E-state index in [0.717, 1.165) is 54.7 Å². The number of hydrogen-bond donors (Lipinski definition) is 1. The predicted octanol–water partition coefficient (Wildman–Crippen LogP) is 7.12. The monoisotopic (exact) mass is 613 g/mol. The van der Waals surface area contributed by atoms with Gasteiger partial charge in [0.25, 0.3) is 5.91 Å². The molecular formula is C31H30ClF2N3O4S. The number of carbonyl (C=O) groups is 2. The van der Waals surface area contributed by atoms with Gasteiger partial charge in [-0.25, -0.2) is 18.6 Å². The molecule has 0 aliphatic heterocycles. The molecule has 0 radical (unpaired) electrons. The Bertz CT molecular complexity index is 1650. The molecule has 2 aromatic carbocycles. The van der Waals surface area contributed by atoms with Crippen molar-refractivity contribution < 1.29 is 28.2 Å². The number of amides is 1. The predicted molar refractivity (Wildman–Crippen MR) is 160 cm³/mol. The van der Waals surface area contributed by atoms with E-state index in [4.69, 9.17) is 16.3 Å². The lowest BCUT2D eigenvalue weighted by Gasteiger charge is -2.39. The molecule has 1 fully saturated rings. The summed E-state index contributed by atoms with van der Waals surface area (Å²) in [5, 5.41) is 9.22. The number of fused-ring (bicyclic) bond motifs is 1. The van der Waals surface area contributed by atoms with Crippen LogP contribution in [-0.4, -0.2) is 65.1 Å². The molecule has 0 bridgehead atoms. The number of ether oxygens (including phenoxy) is 1. The number of benzene rings is 2. The maximum absolute atomic E-state index is 14.7. The number of carboxylic acids is 1. The molecule has 5 rings (SSSR count). The number of halogens is 3. The van der Waals surface area contributed by atoms with Gasteiger partial charge in [-0.1, -0.05) is 17.7 Å². The number of methoxy groups -OCH3 is 1. The van der Waals surface area contributed by atoms with Gasteiger partial charge in [-0.05, 0) is 87.3 Å². The zero-order valence-electron chi connectivity index (χ0n) is 23.4. The third-order valence-electron chi connectivity index (χ3n) is 7.91. The van der Waals surface area contributed by atoms with Crippen molar-refractivity contribution in [2.45, 2.75) is 44.3 Å². The van der Waals surface area contributed by atoms with Crippen molar-refractivity contribution in [2.75, 3.05) is 21.2 Å². The van der Waals surface area contributed by atoms with E-state index in [1.807, 2.05) is 26.2 Å². The Morgan fingerprint density at radius 3 is 2.33 bits per heavy atom. The number of thiophene rings is 1. The standard InChI is InChI=1S/C31H30ClF2N3O4S/c1-36(2)20-5-7-21(8-6-20)37(30(38)29-27(32)26-22(33)9-10-23(34)28(26)42-29)16-19-14-17(4-11-25(19)41-3)18-12-13-35-24(15-18)31(39)40/h4,9-15,20-21H,5-8,16H2,1-3H3,(H,39,40). The van der Waals surface area contributed by atoms with Crippen LogP contribution in [0.5, 0.6) is 5.75 Å². The first kappa shape index (κ1) is 29.9. The van der Waals surface area contributed by atoms with Crippen LogP contribution < -0.4 is 4.74 Å². The molecular weight excluding hydrogens is 584 g/mol. The molecule has 220 valence electrons. The van der Waals surface area contributed by atoms with Crippen LogP contribution in [-0.2, 0) is 6.54 Å². The topological polar surface area (TPSA) is 83.0 Å². The first-order valence-electron chi connectivity index (χ1n) is 13.5. The van der Waals surface area contributed by atoms with E-state index in [1.165, 1.54) is 19.4 Å². The summed E-state index contributed by atoms with van der Waals surface area (Å²) >= 11 is 7.41. The minimum Gasteiger partial charge on any atom is -0.496 e. The molecule has 1 amide bonds. The Morgan fingerprint density at radius 2 is 1.69 bits per heavy atom. The summed E-state index contributed by atoms with van der Waals surface area (Å²) in [6, 6.07) is 10.9. The van der Waals surface area contributed by atoms with Gasteiger partial charge in [-0.3, -0.25) is 4.79 Å². The van der Waals surface area contributed by atoms with E-state index in [1.54, 1.807) is 17.0 Å². The van der Waals surface area contributed by atoms with Crippen LogP contribution in [0.15, 0.2) is 48.7 Å². The van der Waals surface area contributed by atoms with Crippen LogP contribution in [0.1, 0.15) is 51.4 Å². The Morgan fingerprint density at radius 1 is 1.02 bits per heavy atom. The summed E-state index contributed by atoms with van der Waals surface area (Å²) in [4.78, 5) is 33.6. The van der Waals surface area contributed by atoms with Crippen LogP contribution in [0, 0.1) is 11.6 Å². The number of nitrogens with zero attached hydrogens (tertiary/aromatic N) is 3. The van der Waals surface area contributed by atoms with Crippen molar-refractivity contribution >= 4 is 44.9 Å². The highest BCUT2D eigenvalue weighted by Gasteiger charge is 2.33. The zero-order valence-corrected chi connectivity index (χ0v) is 24.9. The maximum Gasteiger partial charge on any atom is 0.354 e. The van der Waals surface area contributed by atoms with E-state index in [9.17, 15) is 23.5 Å². The molecule has 7 nitrogen and oxygen atoms in total. The first-order valence-corrected chi connectivity index (χ1v) is 14.7. The maximum atomic E-state index is 14.7. The summed E-state index contributed by atoms with van der Waals surface area (Å²) < 4.78 is 35.0. The van der Waals surface area contributed by atoms with Crippen molar-refractivity contribution in [3.63, 3.8) is 0 Å². The molecule has 0 atom stereocenters. The molecule has 1 aliphatic carbocycles. The normalized spacial score (nSPS) is 17.0. The quantitative estimate of drug-likeness (QED) is 0.228. The number of carbonyl (C=O) groups excluding carboxylic acids is 1. The summed E-state index contributed by atoms with van der Waals surface area (Å²) in [7, 11) is 5.62. The summed E-state index contributed by atoms with van der Waals surface area (Å²) in [5.74, 6) is -2.31. The second kappa shape index (κ2) is 12.3. The van der Waals surface area contributed by atoms with Crippen LogP contribution in [0.25, 0.3) is 21.2 Å². The lowest BCUT2D eigenvalue weighted by Crippen LogP contribution is -2.44. The lowest BCUT2D eigenvalue weighted by atomic mass is 9.89. The average molecular weight is 614 g/mol. The van der Waals surface area contributed by atoms with E-state index in [0.29, 0.717) is 22.9 Å². The third-order valence-corrected chi connectivity index (χ3v) is 9.58. The van der Waals surface area contributed by atoms with Gasteiger partial charge in [0.2, 0.25) is 0 Å². The van der Waals surface area contributed by atoms with Gasteiger partial charge < -0.3 is 19.6 Å². The molecule has 11 heteroatoms. The van der Waals surface area contributed by atoms with Crippen molar-refractivity contribution in [1.82, 2.24) is 14.8 Å². The largest absolute Gasteiger partial charge is 0.496 e. The number of carboxylic acid groups (broad SMARTS) is 1.